The third kappa shape index (κ3) is 6.94. The number of benzene rings is 1. The number of rotatable bonds is 9. The maximum atomic E-state index is 10.4. The van der Waals surface area contributed by atoms with Crippen molar-refractivity contribution < 1.29 is 15.0 Å². The van der Waals surface area contributed by atoms with Crippen molar-refractivity contribution in [2.75, 3.05) is 13.1 Å². The first-order chi connectivity index (χ1) is 9.11. The van der Waals surface area contributed by atoms with Crippen LogP contribution in [-0.2, 0) is 17.6 Å². The number of aliphatic hydroxyl groups is 1. The topological polar surface area (TPSA) is 69.6 Å². The molecule has 1 rings (SSSR count). The maximum absolute atomic E-state index is 10.4. The summed E-state index contributed by atoms with van der Waals surface area (Å²) in [6.07, 6.45) is 2.12. The minimum atomic E-state index is -0.971. The molecule has 3 N–H and O–H groups in total. The second-order valence-corrected chi connectivity index (χ2v) is 4.77. The molecule has 1 aromatic rings. The fourth-order valence-electron chi connectivity index (χ4n) is 1.94. The summed E-state index contributed by atoms with van der Waals surface area (Å²) in [5.74, 6) is -0.971. The molecule has 1 atom stereocenters. The van der Waals surface area contributed by atoms with Gasteiger partial charge in [0, 0.05) is 6.54 Å². The van der Waals surface area contributed by atoms with E-state index in [2.05, 4.69) is 36.5 Å². The van der Waals surface area contributed by atoms with Gasteiger partial charge in [-0.15, -0.1) is 0 Å². The smallest absolute Gasteiger partial charge is 0.306 e. The molecule has 0 aliphatic rings. The lowest BCUT2D eigenvalue weighted by Gasteiger charge is -2.09. The van der Waals surface area contributed by atoms with E-state index in [4.69, 9.17) is 5.11 Å². The summed E-state index contributed by atoms with van der Waals surface area (Å²) in [5, 5.41) is 20.9. The van der Waals surface area contributed by atoms with Gasteiger partial charge in [-0.05, 0) is 30.5 Å². The molecule has 0 aliphatic carbocycles. The third-order valence-electron chi connectivity index (χ3n) is 2.94. The van der Waals surface area contributed by atoms with Crippen LogP contribution in [0.5, 0.6) is 0 Å². The number of carboxylic acids is 1. The maximum Gasteiger partial charge on any atom is 0.306 e. The highest BCUT2D eigenvalue weighted by Gasteiger charge is 2.08. The van der Waals surface area contributed by atoms with Gasteiger partial charge in [0.1, 0.15) is 0 Å². The standard InChI is InChI=1S/C15H23NO3/c1-2-3-12-4-6-13(7-5-12)8-9-16-11-14(17)10-15(18)19/h4-7,14,16-17H,2-3,8-11H2,1H3,(H,18,19). The van der Waals surface area contributed by atoms with Crippen molar-refractivity contribution in [2.45, 2.75) is 38.7 Å². The molecule has 0 saturated heterocycles. The van der Waals surface area contributed by atoms with E-state index in [1.54, 1.807) is 0 Å². The second kappa shape index (κ2) is 8.67. The van der Waals surface area contributed by atoms with Crippen molar-refractivity contribution in [1.29, 1.82) is 0 Å². The highest BCUT2D eigenvalue weighted by molar-refractivity contribution is 5.67. The van der Waals surface area contributed by atoms with Gasteiger partial charge in [-0.1, -0.05) is 37.6 Å². The molecule has 0 aliphatic heterocycles. The Bertz CT molecular complexity index is 375. The Balaban J connectivity index is 2.20. The number of carbonyl (C=O) groups is 1. The van der Waals surface area contributed by atoms with Gasteiger partial charge < -0.3 is 15.5 Å². The lowest BCUT2D eigenvalue weighted by molar-refractivity contribution is -0.139. The molecular weight excluding hydrogens is 242 g/mol. The average Bonchev–Trinajstić information content (AvgIpc) is 2.36. The summed E-state index contributed by atoms with van der Waals surface area (Å²) < 4.78 is 0. The number of hydrogen-bond donors (Lipinski definition) is 3. The number of carboxylic acid groups (broad SMARTS) is 1. The van der Waals surface area contributed by atoms with E-state index < -0.39 is 12.1 Å². The van der Waals surface area contributed by atoms with Gasteiger partial charge in [0.2, 0.25) is 0 Å². The zero-order valence-corrected chi connectivity index (χ0v) is 11.4. The minimum Gasteiger partial charge on any atom is -0.481 e. The van der Waals surface area contributed by atoms with Crippen molar-refractivity contribution in [3.8, 4) is 0 Å². The average molecular weight is 265 g/mol. The summed E-state index contributed by atoms with van der Waals surface area (Å²) in [5.41, 5.74) is 2.61. The molecule has 0 fully saturated rings. The van der Waals surface area contributed by atoms with E-state index in [-0.39, 0.29) is 6.42 Å². The summed E-state index contributed by atoms with van der Waals surface area (Å²) in [4.78, 5) is 10.4. The van der Waals surface area contributed by atoms with Crippen LogP contribution in [0.1, 0.15) is 30.9 Å². The zero-order valence-electron chi connectivity index (χ0n) is 11.4. The number of aliphatic hydroxyl groups excluding tert-OH is 1. The fourth-order valence-corrected chi connectivity index (χ4v) is 1.94. The quantitative estimate of drug-likeness (QED) is 0.593. The van der Waals surface area contributed by atoms with Crippen LogP contribution < -0.4 is 5.32 Å². The van der Waals surface area contributed by atoms with Crippen molar-refractivity contribution in [2.24, 2.45) is 0 Å². The van der Waals surface area contributed by atoms with Crippen LogP contribution in [-0.4, -0.2) is 35.4 Å². The largest absolute Gasteiger partial charge is 0.481 e. The molecule has 0 amide bonds. The highest BCUT2D eigenvalue weighted by Crippen LogP contribution is 2.06. The van der Waals surface area contributed by atoms with E-state index in [0.29, 0.717) is 6.54 Å². The van der Waals surface area contributed by atoms with Crippen LogP contribution in [0, 0.1) is 0 Å². The van der Waals surface area contributed by atoms with Crippen LogP contribution in [0.15, 0.2) is 24.3 Å². The van der Waals surface area contributed by atoms with Gasteiger partial charge in [0.15, 0.2) is 0 Å². The molecule has 19 heavy (non-hydrogen) atoms. The minimum absolute atomic E-state index is 0.210. The van der Waals surface area contributed by atoms with Gasteiger partial charge in [-0.3, -0.25) is 4.79 Å². The summed E-state index contributed by atoms with van der Waals surface area (Å²) in [7, 11) is 0. The Hall–Kier alpha value is -1.39. The van der Waals surface area contributed by atoms with Gasteiger partial charge in [0.05, 0.1) is 12.5 Å². The summed E-state index contributed by atoms with van der Waals surface area (Å²) >= 11 is 0. The first-order valence-electron chi connectivity index (χ1n) is 6.80. The fraction of sp³-hybridized carbons (Fsp3) is 0.533. The van der Waals surface area contributed by atoms with Crippen molar-refractivity contribution in [3.05, 3.63) is 35.4 Å². The molecule has 106 valence electrons. The van der Waals surface area contributed by atoms with E-state index in [1.165, 1.54) is 11.1 Å². The first-order valence-corrected chi connectivity index (χ1v) is 6.80. The molecule has 0 saturated carbocycles. The molecular formula is C15H23NO3. The molecule has 0 heterocycles. The lowest BCUT2D eigenvalue weighted by Crippen LogP contribution is -2.30. The van der Waals surface area contributed by atoms with Crippen LogP contribution in [0.25, 0.3) is 0 Å². The second-order valence-electron chi connectivity index (χ2n) is 4.77. The van der Waals surface area contributed by atoms with Gasteiger partial charge in [0.25, 0.3) is 0 Å². The molecule has 1 aromatic carbocycles. The Kier molecular flexibility index (Phi) is 7.15. The Morgan fingerprint density at radius 1 is 1.21 bits per heavy atom. The lowest BCUT2D eigenvalue weighted by atomic mass is 10.1. The normalized spacial score (nSPS) is 12.3. The molecule has 4 heteroatoms. The Labute approximate surface area is 114 Å². The molecule has 0 bridgehead atoms. The predicted octanol–water partition coefficient (Wildman–Crippen LogP) is 1.61. The van der Waals surface area contributed by atoms with Crippen molar-refractivity contribution in [1.82, 2.24) is 5.32 Å². The van der Waals surface area contributed by atoms with Crippen LogP contribution >= 0.6 is 0 Å². The number of hydrogen-bond acceptors (Lipinski definition) is 3. The van der Waals surface area contributed by atoms with Gasteiger partial charge in [-0.2, -0.15) is 0 Å². The van der Waals surface area contributed by atoms with E-state index in [9.17, 15) is 9.90 Å². The SMILES string of the molecule is CCCc1ccc(CCNCC(O)CC(=O)O)cc1. The van der Waals surface area contributed by atoms with Crippen molar-refractivity contribution >= 4 is 5.97 Å². The van der Waals surface area contributed by atoms with Crippen LogP contribution in [0.2, 0.25) is 0 Å². The Morgan fingerprint density at radius 2 is 1.79 bits per heavy atom. The molecule has 4 nitrogen and oxygen atoms in total. The number of nitrogens with one attached hydrogen (secondary N) is 1. The number of aryl methyl sites for hydroxylation is 1. The Morgan fingerprint density at radius 3 is 2.32 bits per heavy atom. The van der Waals surface area contributed by atoms with Crippen LogP contribution in [0.3, 0.4) is 0 Å². The van der Waals surface area contributed by atoms with Gasteiger partial charge >= 0.3 is 5.97 Å². The van der Waals surface area contributed by atoms with E-state index in [1.807, 2.05) is 0 Å². The third-order valence-corrected chi connectivity index (χ3v) is 2.94. The highest BCUT2D eigenvalue weighted by atomic mass is 16.4. The molecule has 0 radical (unpaired) electrons. The number of aliphatic carboxylic acids is 1. The van der Waals surface area contributed by atoms with Crippen LogP contribution in [0.4, 0.5) is 0 Å². The van der Waals surface area contributed by atoms with E-state index in [0.717, 1.165) is 25.8 Å². The summed E-state index contributed by atoms with van der Waals surface area (Å²) in [6.45, 7) is 3.23. The first kappa shape index (κ1) is 15.7. The molecule has 0 spiro atoms. The van der Waals surface area contributed by atoms with Crippen molar-refractivity contribution in [3.63, 3.8) is 0 Å². The monoisotopic (exact) mass is 265 g/mol. The van der Waals surface area contributed by atoms with E-state index >= 15 is 0 Å². The molecule has 1 unspecified atom stereocenters. The molecule has 0 aromatic heterocycles. The van der Waals surface area contributed by atoms with Gasteiger partial charge in [-0.25, -0.2) is 0 Å². The predicted molar refractivity (Wildman–Crippen MR) is 75.3 cm³/mol. The summed E-state index contributed by atoms with van der Waals surface area (Å²) in [6, 6.07) is 8.55. The zero-order chi connectivity index (χ0) is 14.1.